The Kier molecular flexibility index (Phi) is 11.3. The SMILES string of the molecule is CCNC(=NCc1cccc(F)c1)NCc1ccc(OCCO)c(OC)c1.I. The van der Waals surface area contributed by atoms with Crippen LogP contribution in [-0.2, 0) is 13.1 Å². The van der Waals surface area contributed by atoms with Gasteiger partial charge >= 0.3 is 0 Å². The third-order valence-corrected chi connectivity index (χ3v) is 3.69. The van der Waals surface area contributed by atoms with E-state index in [-0.39, 0.29) is 43.0 Å². The molecule has 28 heavy (non-hydrogen) atoms. The van der Waals surface area contributed by atoms with Gasteiger partial charge < -0.3 is 25.2 Å². The molecule has 0 spiro atoms. The monoisotopic (exact) mass is 503 g/mol. The highest BCUT2D eigenvalue weighted by Gasteiger charge is 2.06. The molecule has 0 aliphatic heterocycles. The molecular weight excluding hydrogens is 476 g/mol. The summed E-state index contributed by atoms with van der Waals surface area (Å²) in [5, 5.41) is 15.3. The first-order chi connectivity index (χ1) is 13.2. The molecule has 8 heteroatoms. The van der Waals surface area contributed by atoms with Crippen LogP contribution in [0.1, 0.15) is 18.1 Å². The van der Waals surface area contributed by atoms with Crippen molar-refractivity contribution in [1.82, 2.24) is 10.6 Å². The molecule has 0 saturated heterocycles. The van der Waals surface area contributed by atoms with Crippen molar-refractivity contribution in [2.75, 3.05) is 26.9 Å². The fraction of sp³-hybridized carbons (Fsp3) is 0.350. The fourth-order valence-electron chi connectivity index (χ4n) is 2.43. The van der Waals surface area contributed by atoms with Crippen molar-refractivity contribution in [2.24, 2.45) is 4.99 Å². The summed E-state index contributed by atoms with van der Waals surface area (Å²) in [6.45, 7) is 3.77. The van der Waals surface area contributed by atoms with Gasteiger partial charge in [-0.1, -0.05) is 18.2 Å². The number of methoxy groups -OCH3 is 1. The maximum atomic E-state index is 13.3. The smallest absolute Gasteiger partial charge is 0.191 e. The average molecular weight is 503 g/mol. The van der Waals surface area contributed by atoms with Gasteiger partial charge in [-0.15, -0.1) is 24.0 Å². The number of benzene rings is 2. The van der Waals surface area contributed by atoms with Crippen LogP contribution in [0.4, 0.5) is 4.39 Å². The predicted molar refractivity (Wildman–Crippen MR) is 119 cm³/mol. The van der Waals surface area contributed by atoms with Crippen molar-refractivity contribution in [3.63, 3.8) is 0 Å². The van der Waals surface area contributed by atoms with Gasteiger partial charge in [0.25, 0.3) is 0 Å². The minimum absolute atomic E-state index is 0. The number of aliphatic hydroxyl groups excluding tert-OH is 1. The van der Waals surface area contributed by atoms with E-state index in [9.17, 15) is 4.39 Å². The summed E-state index contributed by atoms with van der Waals surface area (Å²) in [4.78, 5) is 4.48. The summed E-state index contributed by atoms with van der Waals surface area (Å²) in [5.74, 6) is 1.56. The van der Waals surface area contributed by atoms with E-state index in [0.29, 0.717) is 37.1 Å². The molecule has 0 amide bonds. The molecule has 3 N–H and O–H groups in total. The molecule has 0 saturated carbocycles. The van der Waals surface area contributed by atoms with E-state index in [1.807, 2.05) is 31.2 Å². The number of hydrogen-bond donors (Lipinski definition) is 3. The lowest BCUT2D eigenvalue weighted by molar-refractivity contribution is 0.196. The van der Waals surface area contributed by atoms with Gasteiger partial charge in [0.05, 0.1) is 20.3 Å². The minimum Gasteiger partial charge on any atom is -0.493 e. The Balaban J connectivity index is 0.00000392. The van der Waals surface area contributed by atoms with Crippen LogP contribution in [0.25, 0.3) is 0 Å². The third kappa shape index (κ3) is 7.89. The fourth-order valence-corrected chi connectivity index (χ4v) is 2.43. The molecule has 0 aliphatic rings. The first kappa shape index (κ1) is 24.0. The number of nitrogens with zero attached hydrogens (tertiary/aromatic N) is 1. The number of aliphatic hydroxyl groups is 1. The van der Waals surface area contributed by atoms with Crippen molar-refractivity contribution in [3.8, 4) is 11.5 Å². The second kappa shape index (κ2) is 13.2. The average Bonchev–Trinajstić information content (AvgIpc) is 2.68. The second-order valence-corrected chi connectivity index (χ2v) is 5.74. The molecule has 2 aromatic carbocycles. The molecule has 2 rings (SSSR count). The van der Waals surface area contributed by atoms with Gasteiger partial charge in [-0.25, -0.2) is 9.38 Å². The molecule has 0 radical (unpaired) electrons. The lowest BCUT2D eigenvalue weighted by atomic mass is 10.2. The highest BCUT2D eigenvalue weighted by molar-refractivity contribution is 14.0. The van der Waals surface area contributed by atoms with E-state index in [1.54, 1.807) is 13.2 Å². The van der Waals surface area contributed by atoms with Crippen LogP contribution in [0, 0.1) is 5.82 Å². The standard InChI is InChI=1S/C20H26FN3O3.HI/c1-3-22-20(23-13-15-5-4-6-17(21)11-15)24-14-16-7-8-18(27-10-9-25)19(12-16)26-2;/h4-8,11-12,25H,3,9-10,13-14H2,1-2H3,(H2,22,23,24);1H. The van der Waals surface area contributed by atoms with Gasteiger partial charge in [-0.2, -0.15) is 0 Å². The van der Waals surface area contributed by atoms with Gasteiger partial charge in [-0.05, 0) is 42.3 Å². The van der Waals surface area contributed by atoms with Crippen LogP contribution < -0.4 is 20.1 Å². The molecule has 0 bridgehead atoms. The Hall–Kier alpha value is -2.07. The molecule has 0 atom stereocenters. The molecule has 0 aliphatic carbocycles. The number of guanidine groups is 1. The topological polar surface area (TPSA) is 75.1 Å². The van der Waals surface area contributed by atoms with Crippen molar-refractivity contribution >= 4 is 29.9 Å². The van der Waals surface area contributed by atoms with Gasteiger partial charge in [0.1, 0.15) is 12.4 Å². The van der Waals surface area contributed by atoms with Crippen molar-refractivity contribution < 1.29 is 19.0 Å². The number of nitrogens with one attached hydrogen (secondary N) is 2. The quantitative estimate of drug-likeness (QED) is 0.279. The zero-order valence-electron chi connectivity index (χ0n) is 16.1. The predicted octanol–water partition coefficient (Wildman–Crippen LogP) is 3.08. The van der Waals surface area contributed by atoms with Crippen molar-refractivity contribution in [2.45, 2.75) is 20.0 Å². The van der Waals surface area contributed by atoms with E-state index in [2.05, 4.69) is 15.6 Å². The lowest BCUT2D eigenvalue weighted by Crippen LogP contribution is -2.36. The zero-order valence-corrected chi connectivity index (χ0v) is 18.4. The lowest BCUT2D eigenvalue weighted by Gasteiger charge is -2.14. The molecule has 0 fully saturated rings. The number of aliphatic imine (C=N–C) groups is 1. The molecule has 2 aromatic rings. The van der Waals surface area contributed by atoms with E-state index < -0.39 is 0 Å². The summed E-state index contributed by atoms with van der Waals surface area (Å²) >= 11 is 0. The molecule has 154 valence electrons. The maximum absolute atomic E-state index is 13.3. The van der Waals surface area contributed by atoms with Crippen molar-refractivity contribution in [1.29, 1.82) is 0 Å². The van der Waals surface area contributed by atoms with Crippen LogP contribution >= 0.6 is 24.0 Å². The highest BCUT2D eigenvalue weighted by atomic mass is 127. The largest absolute Gasteiger partial charge is 0.493 e. The molecule has 6 nitrogen and oxygen atoms in total. The molecule has 0 aromatic heterocycles. The van der Waals surface area contributed by atoms with E-state index in [0.717, 1.165) is 11.1 Å². The Labute approximate surface area is 182 Å². The number of hydrogen-bond acceptors (Lipinski definition) is 4. The summed E-state index contributed by atoms with van der Waals surface area (Å²) in [6, 6.07) is 12.0. The first-order valence-corrected chi connectivity index (χ1v) is 8.83. The van der Waals surface area contributed by atoms with Crippen LogP contribution in [-0.4, -0.2) is 37.9 Å². The normalized spacial score (nSPS) is 10.8. The van der Waals surface area contributed by atoms with E-state index in [4.69, 9.17) is 14.6 Å². The summed E-state index contributed by atoms with van der Waals surface area (Å²) in [6.07, 6.45) is 0. The van der Waals surface area contributed by atoms with E-state index in [1.165, 1.54) is 12.1 Å². The van der Waals surface area contributed by atoms with E-state index >= 15 is 0 Å². The van der Waals surface area contributed by atoms with Gasteiger partial charge in [0, 0.05) is 13.1 Å². The Morgan fingerprint density at radius 3 is 2.61 bits per heavy atom. The number of rotatable bonds is 9. The second-order valence-electron chi connectivity index (χ2n) is 5.74. The van der Waals surface area contributed by atoms with Crippen LogP contribution in [0.15, 0.2) is 47.5 Å². The van der Waals surface area contributed by atoms with Gasteiger partial charge in [0.2, 0.25) is 0 Å². The Morgan fingerprint density at radius 2 is 1.93 bits per heavy atom. The molecule has 0 unspecified atom stereocenters. The summed E-state index contributed by atoms with van der Waals surface area (Å²) in [5.41, 5.74) is 1.79. The van der Waals surface area contributed by atoms with Crippen molar-refractivity contribution in [3.05, 3.63) is 59.4 Å². The Bertz CT molecular complexity index is 759. The minimum atomic E-state index is -0.267. The van der Waals surface area contributed by atoms with Gasteiger partial charge in [0.15, 0.2) is 17.5 Å². The molecule has 0 heterocycles. The zero-order chi connectivity index (χ0) is 19.5. The number of ether oxygens (including phenoxy) is 2. The molecular formula is C20H27FIN3O3. The summed E-state index contributed by atoms with van der Waals surface area (Å²) < 4.78 is 24.0. The van der Waals surface area contributed by atoms with Crippen LogP contribution in [0.5, 0.6) is 11.5 Å². The van der Waals surface area contributed by atoms with Crippen LogP contribution in [0.3, 0.4) is 0 Å². The van der Waals surface area contributed by atoms with Crippen LogP contribution in [0.2, 0.25) is 0 Å². The highest BCUT2D eigenvalue weighted by Crippen LogP contribution is 2.27. The summed E-state index contributed by atoms with van der Waals surface area (Å²) in [7, 11) is 1.57. The third-order valence-electron chi connectivity index (χ3n) is 3.69. The maximum Gasteiger partial charge on any atom is 0.191 e. The van der Waals surface area contributed by atoms with Gasteiger partial charge in [-0.3, -0.25) is 0 Å². The number of halogens is 2. The first-order valence-electron chi connectivity index (χ1n) is 8.83. The Morgan fingerprint density at radius 1 is 1.11 bits per heavy atom.